The van der Waals surface area contributed by atoms with E-state index in [1.54, 1.807) is 0 Å². The summed E-state index contributed by atoms with van der Waals surface area (Å²) in [6, 6.07) is 10.0. The second-order valence-corrected chi connectivity index (χ2v) is 9.74. The Balaban J connectivity index is 1.63. The minimum absolute atomic E-state index is 0.389. The summed E-state index contributed by atoms with van der Waals surface area (Å²) >= 11 is 0. The van der Waals surface area contributed by atoms with Crippen LogP contribution in [0.3, 0.4) is 0 Å². The standard InChI is InChI=1S/C17H22OS/c1-19(13-5-6-14-19)17-11-9-16(10-12-17)18-15-7-3-2-4-8-15/h2-4,7-11,17H,5-6,12-14H2,1H3. The monoisotopic (exact) mass is 274 g/mol. The van der Waals surface area contributed by atoms with E-state index in [9.17, 15) is 0 Å². The molecule has 1 aromatic carbocycles. The second kappa shape index (κ2) is 5.46. The third-order valence-corrected chi connectivity index (χ3v) is 8.46. The van der Waals surface area contributed by atoms with Gasteiger partial charge in [0, 0.05) is 5.25 Å². The van der Waals surface area contributed by atoms with Crippen molar-refractivity contribution in [1.29, 1.82) is 0 Å². The lowest BCUT2D eigenvalue weighted by atomic mass is 10.2. The summed E-state index contributed by atoms with van der Waals surface area (Å²) < 4.78 is 5.88. The van der Waals surface area contributed by atoms with Crippen molar-refractivity contribution in [3.05, 3.63) is 54.3 Å². The van der Waals surface area contributed by atoms with Crippen LogP contribution in [-0.4, -0.2) is 23.0 Å². The number of allylic oxidation sites excluding steroid dienone is 2. The number of hydrogen-bond acceptors (Lipinski definition) is 1. The van der Waals surface area contributed by atoms with E-state index in [4.69, 9.17) is 4.74 Å². The molecule has 0 radical (unpaired) electrons. The topological polar surface area (TPSA) is 9.23 Å². The molecule has 1 aliphatic carbocycles. The Morgan fingerprint density at radius 1 is 1.11 bits per heavy atom. The van der Waals surface area contributed by atoms with Crippen LogP contribution in [0.1, 0.15) is 19.3 Å². The SMILES string of the molecule is CS1(C2C=CC(Oc3ccccc3)=CC2)CCCC1. The van der Waals surface area contributed by atoms with E-state index in [2.05, 4.69) is 24.5 Å². The Morgan fingerprint density at radius 3 is 2.47 bits per heavy atom. The molecule has 0 bridgehead atoms. The van der Waals surface area contributed by atoms with Crippen LogP contribution in [-0.2, 0) is 0 Å². The van der Waals surface area contributed by atoms with Crippen LogP contribution < -0.4 is 4.74 Å². The van der Waals surface area contributed by atoms with E-state index in [-0.39, 0.29) is 10.0 Å². The van der Waals surface area contributed by atoms with Gasteiger partial charge in [0.05, 0.1) is 0 Å². The van der Waals surface area contributed by atoms with Crippen molar-refractivity contribution < 1.29 is 4.74 Å². The van der Waals surface area contributed by atoms with Gasteiger partial charge < -0.3 is 4.74 Å². The number of para-hydroxylation sites is 1. The first-order chi connectivity index (χ1) is 9.26. The maximum Gasteiger partial charge on any atom is 0.127 e. The van der Waals surface area contributed by atoms with E-state index in [0.29, 0.717) is 0 Å². The molecule has 1 fully saturated rings. The lowest BCUT2D eigenvalue weighted by Gasteiger charge is -2.38. The fourth-order valence-corrected chi connectivity index (χ4v) is 6.53. The van der Waals surface area contributed by atoms with Crippen LogP contribution in [0.2, 0.25) is 0 Å². The molecule has 0 spiro atoms. The molecule has 1 nitrogen and oxygen atoms in total. The van der Waals surface area contributed by atoms with Gasteiger partial charge in [0.2, 0.25) is 0 Å². The molecule has 1 saturated heterocycles. The molecule has 0 saturated carbocycles. The number of benzene rings is 1. The number of hydrogen-bond donors (Lipinski definition) is 0. The van der Waals surface area contributed by atoms with E-state index in [1.807, 2.05) is 30.3 Å². The summed E-state index contributed by atoms with van der Waals surface area (Å²) in [5, 5.41) is 0.776. The highest BCUT2D eigenvalue weighted by molar-refractivity contribution is 8.34. The summed E-state index contributed by atoms with van der Waals surface area (Å²) in [4.78, 5) is 0. The summed E-state index contributed by atoms with van der Waals surface area (Å²) in [7, 11) is -0.389. The summed E-state index contributed by atoms with van der Waals surface area (Å²) in [5.41, 5.74) is 0. The first-order valence-electron chi connectivity index (χ1n) is 7.10. The molecule has 2 heteroatoms. The Kier molecular flexibility index (Phi) is 3.69. The maximum atomic E-state index is 5.88. The summed E-state index contributed by atoms with van der Waals surface area (Å²) in [6.45, 7) is 0. The van der Waals surface area contributed by atoms with E-state index >= 15 is 0 Å². The lowest BCUT2D eigenvalue weighted by molar-refractivity contribution is 0.439. The predicted molar refractivity (Wildman–Crippen MR) is 85.2 cm³/mol. The molecule has 2 aliphatic rings. The molecule has 0 amide bonds. The minimum atomic E-state index is -0.389. The quantitative estimate of drug-likeness (QED) is 0.788. The largest absolute Gasteiger partial charge is 0.458 e. The Bertz CT molecular complexity index is 483. The summed E-state index contributed by atoms with van der Waals surface area (Å²) in [6.07, 6.45) is 13.4. The average Bonchev–Trinajstić information content (AvgIpc) is 2.89. The third-order valence-electron chi connectivity index (χ3n) is 4.21. The summed E-state index contributed by atoms with van der Waals surface area (Å²) in [5.74, 6) is 4.86. The van der Waals surface area contributed by atoms with Crippen LogP contribution in [0.25, 0.3) is 0 Å². The zero-order chi connectivity index (χ0) is 13.1. The number of ether oxygens (including phenoxy) is 1. The minimum Gasteiger partial charge on any atom is -0.458 e. The van der Waals surface area contributed by atoms with E-state index < -0.39 is 0 Å². The molecule has 0 aromatic heterocycles. The first-order valence-corrected chi connectivity index (χ1v) is 9.54. The molecule has 1 aromatic rings. The van der Waals surface area contributed by atoms with Crippen LogP contribution in [0.4, 0.5) is 0 Å². The van der Waals surface area contributed by atoms with Gasteiger partial charge in [-0.15, -0.1) is 0 Å². The van der Waals surface area contributed by atoms with Crippen molar-refractivity contribution in [3.8, 4) is 5.75 Å². The van der Waals surface area contributed by atoms with Gasteiger partial charge in [-0.1, -0.05) is 24.3 Å². The first kappa shape index (κ1) is 12.9. The second-order valence-electron chi connectivity index (χ2n) is 5.62. The maximum absolute atomic E-state index is 5.88. The van der Waals surface area contributed by atoms with Crippen LogP contribution >= 0.6 is 10.0 Å². The van der Waals surface area contributed by atoms with E-state index in [0.717, 1.165) is 23.2 Å². The van der Waals surface area contributed by atoms with Gasteiger partial charge in [0.25, 0.3) is 0 Å². The normalized spacial score (nSPS) is 26.8. The van der Waals surface area contributed by atoms with Crippen molar-refractivity contribution in [2.75, 3.05) is 17.8 Å². The Hall–Kier alpha value is -1.15. The van der Waals surface area contributed by atoms with Gasteiger partial charge in [0.1, 0.15) is 11.5 Å². The van der Waals surface area contributed by atoms with Gasteiger partial charge in [-0.2, -0.15) is 0 Å². The highest BCUT2D eigenvalue weighted by Crippen LogP contribution is 2.56. The Labute approximate surface area is 117 Å². The smallest absolute Gasteiger partial charge is 0.127 e. The molecule has 19 heavy (non-hydrogen) atoms. The van der Waals surface area contributed by atoms with Crippen molar-refractivity contribution in [2.24, 2.45) is 0 Å². The van der Waals surface area contributed by atoms with E-state index in [1.165, 1.54) is 24.3 Å². The van der Waals surface area contributed by atoms with Crippen molar-refractivity contribution in [2.45, 2.75) is 24.5 Å². The molecule has 1 unspecified atom stereocenters. The number of rotatable bonds is 3. The molecule has 1 aliphatic heterocycles. The molecule has 0 N–H and O–H groups in total. The van der Waals surface area contributed by atoms with Crippen molar-refractivity contribution in [3.63, 3.8) is 0 Å². The van der Waals surface area contributed by atoms with Crippen molar-refractivity contribution in [1.82, 2.24) is 0 Å². The highest BCUT2D eigenvalue weighted by atomic mass is 32.3. The van der Waals surface area contributed by atoms with Crippen LogP contribution in [0.5, 0.6) is 5.75 Å². The predicted octanol–water partition coefficient (Wildman–Crippen LogP) is 4.51. The fraction of sp³-hybridized carbons (Fsp3) is 0.412. The zero-order valence-electron chi connectivity index (χ0n) is 11.5. The fourth-order valence-electron chi connectivity index (χ4n) is 2.97. The van der Waals surface area contributed by atoms with Crippen LogP contribution in [0, 0.1) is 0 Å². The molecular weight excluding hydrogens is 252 g/mol. The molecule has 102 valence electrons. The molecule has 3 rings (SSSR count). The van der Waals surface area contributed by atoms with Crippen molar-refractivity contribution >= 4 is 10.0 Å². The molecule has 1 atom stereocenters. The van der Waals surface area contributed by atoms with Gasteiger partial charge >= 0.3 is 0 Å². The van der Waals surface area contributed by atoms with Gasteiger partial charge in [-0.3, -0.25) is 0 Å². The van der Waals surface area contributed by atoms with Gasteiger partial charge in [-0.25, -0.2) is 10.0 Å². The lowest BCUT2D eigenvalue weighted by Crippen LogP contribution is -2.18. The van der Waals surface area contributed by atoms with Crippen LogP contribution in [0.15, 0.2) is 54.3 Å². The average molecular weight is 274 g/mol. The Morgan fingerprint density at radius 2 is 1.84 bits per heavy atom. The third kappa shape index (κ3) is 2.89. The molecular formula is C17H22OS. The highest BCUT2D eigenvalue weighted by Gasteiger charge is 2.31. The van der Waals surface area contributed by atoms with Gasteiger partial charge in [-0.05, 0) is 61.3 Å². The van der Waals surface area contributed by atoms with Gasteiger partial charge in [0.15, 0.2) is 0 Å². The molecule has 1 heterocycles. The zero-order valence-corrected chi connectivity index (χ0v) is 12.4.